The van der Waals surface area contributed by atoms with Crippen molar-refractivity contribution in [1.82, 2.24) is 14.5 Å². The van der Waals surface area contributed by atoms with Crippen LogP contribution in [0.1, 0.15) is 43.5 Å². The standard InChI is InChI=1S/C24H33N3O3/c1-26-11-10-25-23(26)24(28)19-6-3-7-20(24)16-27(15-19)14-18-5-2-8-21(13-18)30-17-22-9-4-12-29-22/h2,5,8,10-11,13,19-20,22,28H,3-4,6-7,9,12,14-17H2,1H3/t19-,20+,22-,24?/m0/s1. The van der Waals surface area contributed by atoms with E-state index in [9.17, 15) is 5.11 Å². The molecule has 3 aliphatic rings. The van der Waals surface area contributed by atoms with Crippen molar-refractivity contribution in [3.8, 4) is 5.75 Å². The topological polar surface area (TPSA) is 59.8 Å². The van der Waals surface area contributed by atoms with E-state index in [1.807, 2.05) is 23.9 Å². The lowest BCUT2D eigenvalue weighted by Gasteiger charge is -2.52. The first-order valence-corrected chi connectivity index (χ1v) is 11.4. The Morgan fingerprint density at radius 2 is 2.03 bits per heavy atom. The van der Waals surface area contributed by atoms with Crippen molar-refractivity contribution in [3.63, 3.8) is 0 Å². The number of aryl methyl sites for hydroxylation is 1. The zero-order valence-electron chi connectivity index (χ0n) is 17.9. The first-order valence-electron chi connectivity index (χ1n) is 11.4. The van der Waals surface area contributed by atoms with E-state index in [1.165, 1.54) is 12.0 Å². The molecule has 5 rings (SSSR count). The minimum Gasteiger partial charge on any atom is -0.491 e. The number of rotatable bonds is 6. The number of fused-ring (bicyclic) bond motifs is 2. The second-order valence-corrected chi connectivity index (χ2v) is 9.30. The number of nitrogens with zero attached hydrogens (tertiary/aromatic N) is 3. The van der Waals surface area contributed by atoms with E-state index in [0.29, 0.717) is 6.61 Å². The van der Waals surface area contributed by atoms with Gasteiger partial charge in [0.15, 0.2) is 0 Å². The number of aliphatic hydroxyl groups is 1. The lowest BCUT2D eigenvalue weighted by Crippen LogP contribution is -2.58. The Balaban J connectivity index is 1.26. The molecule has 1 unspecified atom stereocenters. The molecule has 0 radical (unpaired) electrons. The summed E-state index contributed by atoms with van der Waals surface area (Å²) >= 11 is 0. The number of imidazole rings is 1. The van der Waals surface area contributed by atoms with Gasteiger partial charge in [-0.15, -0.1) is 0 Å². The highest BCUT2D eigenvalue weighted by atomic mass is 16.5. The normalized spacial score (nSPS) is 31.7. The van der Waals surface area contributed by atoms with Gasteiger partial charge >= 0.3 is 0 Å². The number of hydrogen-bond acceptors (Lipinski definition) is 5. The van der Waals surface area contributed by atoms with Crippen LogP contribution in [0.25, 0.3) is 0 Å². The highest BCUT2D eigenvalue weighted by molar-refractivity contribution is 5.29. The Kier molecular flexibility index (Phi) is 5.56. The molecule has 2 aliphatic heterocycles. The lowest BCUT2D eigenvalue weighted by atomic mass is 9.65. The van der Waals surface area contributed by atoms with Gasteiger partial charge in [0, 0.05) is 57.5 Å². The summed E-state index contributed by atoms with van der Waals surface area (Å²) < 4.78 is 13.7. The third-order valence-electron chi connectivity index (χ3n) is 7.25. The van der Waals surface area contributed by atoms with E-state index >= 15 is 0 Å². The molecule has 2 bridgehead atoms. The lowest BCUT2D eigenvalue weighted by molar-refractivity contribution is -0.155. The van der Waals surface area contributed by atoms with Crippen LogP contribution >= 0.6 is 0 Å². The number of benzene rings is 1. The third-order valence-corrected chi connectivity index (χ3v) is 7.25. The molecule has 1 aromatic heterocycles. The van der Waals surface area contributed by atoms with Gasteiger partial charge in [-0.2, -0.15) is 0 Å². The highest BCUT2D eigenvalue weighted by Gasteiger charge is 2.53. The molecule has 6 nitrogen and oxygen atoms in total. The Hall–Kier alpha value is -1.89. The van der Waals surface area contributed by atoms with Gasteiger partial charge in [0.25, 0.3) is 0 Å². The molecule has 3 heterocycles. The minimum atomic E-state index is -0.806. The molecule has 2 aromatic rings. The van der Waals surface area contributed by atoms with Gasteiger partial charge in [-0.3, -0.25) is 4.90 Å². The van der Waals surface area contributed by atoms with Crippen molar-refractivity contribution in [2.75, 3.05) is 26.3 Å². The molecular weight excluding hydrogens is 378 g/mol. The van der Waals surface area contributed by atoms with Crippen LogP contribution in [0.15, 0.2) is 36.7 Å². The Morgan fingerprint density at radius 3 is 2.73 bits per heavy atom. The van der Waals surface area contributed by atoms with Gasteiger partial charge in [-0.05, 0) is 43.4 Å². The summed E-state index contributed by atoms with van der Waals surface area (Å²) in [6.07, 6.45) is 9.52. The van der Waals surface area contributed by atoms with E-state index in [2.05, 4.69) is 28.1 Å². The van der Waals surface area contributed by atoms with E-state index in [4.69, 9.17) is 9.47 Å². The fraction of sp³-hybridized carbons (Fsp3) is 0.625. The average Bonchev–Trinajstić information content (AvgIpc) is 3.39. The molecule has 3 fully saturated rings. The molecule has 2 saturated heterocycles. The van der Waals surface area contributed by atoms with Crippen molar-refractivity contribution < 1.29 is 14.6 Å². The smallest absolute Gasteiger partial charge is 0.141 e. The first-order chi connectivity index (χ1) is 14.6. The van der Waals surface area contributed by atoms with Gasteiger partial charge in [0.1, 0.15) is 23.8 Å². The maximum atomic E-state index is 11.8. The molecule has 0 spiro atoms. The minimum absolute atomic E-state index is 0.227. The van der Waals surface area contributed by atoms with Crippen molar-refractivity contribution in [2.24, 2.45) is 18.9 Å². The molecule has 30 heavy (non-hydrogen) atoms. The molecule has 0 amide bonds. The summed E-state index contributed by atoms with van der Waals surface area (Å²) in [6, 6.07) is 8.44. The van der Waals surface area contributed by atoms with Gasteiger partial charge in [0.05, 0.1) is 6.10 Å². The Morgan fingerprint density at radius 1 is 1.20 bits per heavy atom. The number of likely N-dealkylation sites (tertiary alicyclic amines) is 1. The predicted molar refractivity (Wildman–Crippen MR) is 114 cm³/mol. The van der Waals surface area contributed by atoms with Crippen LogP contribution in [0.2, 0.25) is 0 Å². The van der Waals surface area contributed by atoms with Crippen LogP contribution in [-0.2, 0) is 23.9 Å². The van der Waals surface area contributed by atoms with Crippen LogP contribution in [-0.4, -0.2) is 52.0 Å². The summed E-state index contributed by atoms with van der Waals surface area (Å²) in [7, 11) is 1.99. The number of hydrogen-bond donors (Lipinski definition) is 1. The number of aromatic nitrogens is 2. The maximum Gasteiger partial charge on any atom is 0.141 e. The largest absolute Gasteiger partial charge is 0.491 e. The molecule has 162 valence electrons. The van der Waals surface area contributed by atoms with Crippen LogP contribution in [0.4, 0.5) is 0 Å². The molecular formula is C24H33N3O3. The van der Waals surface area contributed by atoms with E-state index in [1.54, 1.807) is 6.20 Å². The number of piperidine rings is 1. The van der Waals surface area contributed by atoms with Crippen LogP contribution in [0.5, 0.6) is 5.75 Å². The summed E-state index contributed by atoms with van der Waals surface area (Å²) in [5.74, 6) is 2.21. The summed E-state index contributed by atoms with van der Waals surface area (Å²) in [5.41, 5.74) is 0.458. The van der Waals surface area contributed by atoms with E-state index in [0.717, 1.165) is 63.5 Å². The zero-order valence-corrected chi connectivity index (χ0v) is 17.9. The summed E-state index contributed by atoms with van der Waals surface area (Å²) in [6.45, 7) is 4.19. The van der Waals surface area contributed by atoms with Crippen molar-refractivity contribution in [2.45, 2.75) is 50.4 Å². The summed E-state index contributed by atoms with van der Waals surface area (Å²) in [5, 5.41) is 11.8. The van der Waals surface area contributed by atoms with Crippen molar-refractivity contribution in [1.29, 1.82) is 0 Å². The zero-order chi connectivity index (χ0) is 20.6. The number of ether oxygens (including phenoxy) is 2. The SMILES string of the molecule is Cn1ccnc1C1(O)[C@@H]2CCC[C@H]1CN(Cc1cccc(OC[C@@H]3CCCO3)c1)C2. The van der Waals surface area contributed by atoms with Gasteiger partial charge in [-0.1, -0.05) is 18.6 Å². The fourth-order valence-electron chi connectivity index (χ4n) is 5.75. The second kappa shape index (κ2) is 8.33. The third kappa shape index (κ3) is 3.77. The quantitative estimate of drug-likeness (QED) is 0.792. The van der Waals surface area contributed by atoms with Crippen LogP contribution in [0, 0.1) is 11.8 Å². The second-order valence-electron chi connectivity index (χ2n) is 9.30. The van der Waals surface area contributed by atoms with Gasteiger partial charge < -0.3 is 19.1 Å². The maximum absolute atomic E-state index is 11.8. The highest BCUT2D eigenvalue weighted by Crippen LogP contribution is 2.48. The molecule has 1 N–H and O–H groups in total. The average molecular weight is 412 g/mol. The molecule has 1 aromatic carbocycles. The first kappa shape index (κ1) is 20.0. The predicted octanol–water partition coefficient (Wildman–Crippen LogP) is 3.10. The van der Waals surface area contributed by atoms with E-state index in [-0.39, 0.29) is 17.9 Å². The van der Waals surface area contributed by atoms with Crippen LogP contribution in [0.3, 0.4) is 0 Å². The fourth-order valence-corrected chi connectivity index (χ4v) is 5.75. The van der Waals surface area contributed by atoms with Crippen LogP contribution < -0.4 is 4.74 Å². The molecule has 1 saturated carbocycles. The summed E-state index contributed by atoms with van der Waals surface area (Å²) in [4.78, 5) is 7.04. The van der Waals surface area contributed by atoms with Gasteiger partial charge in [-0.25, -0.2) is 4.98 Å². The van der Waals surface area contributed by atoms with E-state index < -0.39 is 5.60 Å². The molecule has 6 heteroatoms. The molecule has 1 aliphatic carbocycles. The monoisotopic (exact) mass is 411 g/mol. The van der Waals surface area contributed by atoms with Crippen molar-refractivity contribution in [3.05, 3.63) is 48.0 Å². The van der Waals surface area contributed by atoms with Crippen molar-refractivity contribution >= 4 is 0 Å². The Labute approximate surface area is 178 Å². The van der Waals surface area contributed by atoms with Gasteiger partial charge in [0.2, 0.25) is 0 Å². The Bertz CT molecular complexity index is 847. The molecule has 4 atom stereocenters.